The molecule has 0 saturated carbocycles. The molecular formula is C15H23F2N. The van der Waals surface area contributed by atoms with Crippen LogP contribution in [0, 0.1) is 17.6 Å². The summed E-state index contributed by atoms with van der Waals surface area (Å²) in [6, 6.07) is 4.10. The van der Waals surface area contributed by atoms with E-state index >= 15 is 0 Å². The lowest BCUT2D eigenvalue weighted by Gasteiger charge is -2.19. The number of benzene rings is 1. The summed E-state index contributed by atoms with van der Waals surface area (Å²) in [4.78, 5) is 0. The van der Waals surface area contributed by atoms with E-state index in [4.69, 9.17) is 0 Å². The highest BCUT2D eigenvalue weighted by molar-refractivity contribution is 5.20. The van der Waals surface area contributed by atoms with Crippen molar-refractivity contribution in [1.82, 2.24) is 5.32 Å². The van der Waals surface area contributed by atoms with E-state index in [9.17, 15) is 8.78 Å². The molecular weight excluding hydrogens is 232 g/mol. The number of hydrogen-bond acceptors (Lipinski definition) is 1. The Morgan fingerprint density at radius 3 is 2.17 bits per heavy atom. The molecule has 1 aromatic carbocycles. The van der Waals surface area contributed by atoms with Gasteiger partial charge in [-0.1, -0.05) is 32.8 Å². The van der Waals surface area contributed by atoms with Crippen molar-refractivity contribution in [1.29, 1.82) is 0 Å². The summed E-state index contributed by atoms with van der Waals surface area (Å²) < 4.78 is 26.9. The van der Waals surface area contributed by atoms with Gasteiger partial charge in [0.05, 0.1) is 0 Å². The van der Waals surface area contributed by atoms with Crippen LogP contribution in [0.4, 0.5) is 8.78 Å². The highest BCUT2D eigenvalue weighted by Gasteiger charge is 2.13. The van der Waals surface area contributed by atoms with Gasteiger partial charge in [-0.3, -0.25) is 0 Å². The maximum absolute atomic E-state index is 13.5. The van der Waals surface area contributed by atoms with E-state index < -0.39 is 11.6 Å². The topological polar surface area (TPSA) is 12.0 Å². The SMILES string of the molecule is CCC(CC)CNC(C)Cc1c(F)cccc1F. The largest absolute Gasteiger partial charge is 0.314 e. The van der Waals surface area contributed by atoms with Gasteiger partial charge in [-0.15, -0.1) is 0 Å². The van der Waals surface area contributed by atoms with Gasteiger partial charge >= 0.3 is 0 Å². The van der Waals surface area contributed by atoms with E-state index in [-0.39, 0.29) is 11.6 Å². The van der Waals surface area contributed by atoms with Gasteiger partial charge in [0.25, 0.3) is 0 Å². The van der Waals surface area contributed by atoms with Gasteiger partial charge in [-0.05, 0) is 37.9 Å². The monoisotopic (exact) mass is 255 g/mol. The second-order valence-electron chi connectivity index (χ2n) is 4.90. The Morgan fingerprint density at radius 1 is 1.11 bits per heavy atom. The maximum atomic E-state index is 13.5. The van der Waals surface area contributed by atoms with Gasteiger partial charge in [0.15, 0.2) is 0 Å². The predicted octanol–water partition coefficient (Wildman–Crippen LogP) is 3.92. The zero-order chi connectivity index (χ0) is 13.5. The molecule has 0 amide bonds. The standard InChI is InChI=1S/C15H23F2N/c1-4-12(5-2)10-18-11(3)9-13-14(16)7-6-8-15(13)17/h6-8,11-12,18H,4-5,9-10H2,1-3H3. The summed E-state index contributed by atoms with van der Waals surface area (Å²) in [6.45, 7) is 7.20. The number of hydrogen-bond donors (Lipinski definition) is 1. The first-order valence-electron chi connectivity index (χ1n) is 6.74. The van der Waals surface area contributed by atoms with Gasteiger partial charge in [0.2, 0.25) is 0 Å². The van der Waals surface area contributed by atoms with Crippen LogP contribution in [-0.2, 0) is 6.42 Å². The lowest BCUT2D eigenvalue weighted by atomic mass is 10.0. The minimum Gasteiger partial charge on any atom is -0.314 e. The van der Waals surface area contributed by atoms with Crippen LogP contribution >= 0.6 is 0 Å². The molecule has 0 aliphatic rings. The molecule has 0 aliphatic carbocycles. The number of rotatable bonds is 7. The van der Waals surface area contributed by atoms with Gasteiger partial charge in [-0.25, -0.2) is 8.78 Å². The normalized spacial score (nSPS) is 13.0. The van der Waals surface area contributed by atoms with Crippen LogP contribution in [-0.4, -0.2) is 12.6 Å². The number of nitrogens with one attached hydrogen (secondary N) is 1. The molecule has 102 valence electrons. The summed E-state index contributed by atoms with van der Waals surface area (Å²) in [6.07, 6.45) is 2.65. The smallest absolute Gasteiger partial charge is 0.129 e. The molecule has 1 unspecified atom stereocenters. The first-order valence-corrected chi connectivity index (χ1v) is 6.74. The molecule has 1 N–H and O–H groups in total. The Bertz CT molecular complexity index is 341. The first kappa shape index (κ1) is 15.1. The minimum atomic E-state index is -0.453. The fourth-order valence-electron chi connectivity index (χ4n) is 2.05. The quantitative estimate of drug-likeness (QED) is 0.778. The Balaban J connectivity index is 2.52. The third kappa shape index (κ3) is 4.37. The molecule has 0 fully saturated rings. The molecule has 0 aromatic heterocycles. The van der Waals surface area contributed by atoms with Crippen molar-refractivity contribution < 1.29 is 8.78 Å². The Hall–Kier alpha value is -0.960. The van der Waals surface area contributed by atoms with E-state index in [0.29, 0.717) is 12.3 Å². The maximum Gasteiger partial charge on any atom is 0.129 e. The van der Waals surface area contributed by atoms with E-state index in [0.717, 1.165) is 19.4 Å². The third-order valence-electron chi connectivity index (χ3n) is 3.48. The van der Waals surface area contributed by atoms with Gasteiger partial charge in [-0.2, -0.15) is 0 Å². The lowest BCUT2D eigenvalue weighted by Crippen LogP contribution is -2.33. The Morgan fingerprint density at radius 2 is 1.67 bits per heavy atom. The average Bonchev–Trinajstić information content (AvgIpc) is 2.35. The van der Waals surface area contributed by atoms with Crippen LogP contribution in [0.25, 0.3) is 0 Å². The number of halogens is 2. The van der Waals surface area contributed by atoms with Gasteiger partial charge in [0.1, 0.15) is 11.6 Å². The van der Waals surface area contributed by atoms with Gasteiger partial charge < -0.3 is 5.32 Å². The zero-order valence-corrected chi connectivity index (χ0v) is 11.5. The molecule has 0 heterocycles. The lowest BCUT2D eigenvalue weighted by molar-refractivity contribution is 0.410. The average molecular weight is 255 g/mol. The predicted molar refractivity (Wildman–Crippen MR) is 71.6 cm³/mol. The second kappa shape index (κ2) is 7.47. The highest BCUT2D eigenvalue weighted by atomic mass is 19.1. The van der Waals surface area contributed by atoms with Crippen LogP contribution in [0.2, 0.25) is 0 Å². The molecule has 0 radical (unpaired) electrons. The van der Waals surface area contributed by atoms with E-state index in [2.05, 4.69) is 19.2 Å². The molecule has 0 saturated heterocycles. The van der Waals surface area contributed by atoms with Crippen molar-refractivity contribution >= 4 is 0 Å². The highest BCUT2D eigenvalue weighted by Crippen LogP contribution is 2.14. The third-order valence-corrected chi connectivity index (χ3v) is 3.48. The van der Waals surface area contributed by atoms with E-state index in [1.165, 1.54) is 18.2 Å². The fourth-order valence-corrected chi connectivity index (χ4v) is 2.05. The van der Waals surface area contributed by atoms with E-state index in [1.54, 1.807) is 0 Å². The van der Waals surface area contributed by atoms with Crippen LogP contribution in [0.15, 0.2) is 18.2 Å². The van der Waals surface area contributed by atoms with Crippen molar-refractivity contribution in [3.05, 3.63) is 35.4 Å². The summed E-state index contributed by atoms with van der Waals surface area (Å²) in [7, 11) is 0. The van der Waals surface area contributed by atoms with E-state index in [1.807, 2.05) is 6.92 Å². The summed E-state index contributed by atoms with van der Waals surface area (Å²) in [5.74, 6) is -0.268. The molecule has 1 nitrogen and oxygen atoms in total. The summed E-state index contributed by atoms with van der Waals surface area (Å²) >= 11 is 0. The van der Waals surface area contributed by atoms with Crippen molar-refractivity contribution in [2.75, 3.05) is 6.54 Å². The van der Waals surface area contributed by atoms with Gasteiger partial charge in [0, 0.05) is 11.6 Å². The molecule has 1 atom stereocenters. The molecule has 18 heavy (non-hydrogen) atoms. The first-order chi connectivity index (χ1) is 8.58. The van der Waals surface area contributed by atoms with Crippen LogP contribution in [0.1, 0.15) is 39.2 Å². The van der Waals surface area contributed by atoms with Crippen LogP contribution < -0.4 is 5.32 Å². The fraction of sp³-hybridized carbons (Fsp3) is 0.600. The molecule has 0 bridgehead atoms. The van der Waals surface area contributed by atoms with Crippen LogP contribution in [0.3, 0.4) is 0 Å². The molecule has 0 spiro atoms. The second-order valence-corrected chi connectivity index (χ2v) is 4.90. The van der Waals surface area contributed by atoms with Crippen molar-refractivity contribution in [3.63, 3.8) is 0 Å². The molecule has 3 heteroatoms. The minimum absolute atomic E-state index is 0.0806. The van der Waals surface area contributed by atoms with Crippen molar-refractivity contribution in [2.24, 2.45) is 5.92 Å². The van der Waals surface area contributed by atoms with Crippen LogP contribution in [0.5, 0.6) is 0 Å². The van der Waals surface area contributed by atoms with Crippen molar-refractivity contribution in [2.45, 2.75) is 46.1 Å². The Kier molecular flexibility index (Phi) is 6.27. The zero-order valence-electron chi connectivity index (χ0n) is 11.5. The molecule has 1 rings (SSSR count). The molecule has 1 aromatic rings. The summed E-state index contributed by atoms with van der Waals surface area (Å²) in [5.41, 5.74) is 0.182. The Labute approximate surface area is 109 Å². The molecule has 0 aliphatic heterocycles. The van der Waals surface area contributed by atoms with Crippen molar-refractivity contribution in [3.8, 4) is 0 Å². The summed E-state index contributed by atoms with van der Waals surface area (Å²) in [5, 5.41) is 3.35.